The molecule has 0 saturated carbocycles. The Bertz CT molecular complexity index is 1280. The number of hydrogen-bond donors (Lipinski definition) is 1. The maximum atomic E-state index is 4.75. The molecule has 0 fully saturated rings. The van der Waals surface area contributed by atoms with Gasteiger partial charge in [-0.2, -0.15) is 0 Å². The van der Waals surface area contributed by atoms with Gasteiger partial charge in [-0.3, -0.25) is 0 Å². The Labute approximate surface area is 166 Å². The van der Waals surface area contributed by atoms with Crippen molar-refractivity contribution >= 4 is 86.7 Å². The SMILES string of the molecule is CSc1nc2ccc3nc(Nc4nc5cc(C)cc(C)c5s4)sc3c2s1. The summed E-state index contributed by atoms with van der Waals surface area (Å²) in [6, 6.07) is 8.44. The summed E-state index contributed by atoms with van der Waals surface area (Å²) in [5, 5.41) is 5.17. The molecule has 0 aliphatic rings. The molecule has 0 saturated heterocycles. The van der Waals surface area contributed by atoms with Crippen molar-refractivity contribution in [2.24, 2.45) is 0 Å². The van der Waals surface area contributed by atoms with Gasteiger partial charge in [0.2, 0.25) is 0 Å². The van der Waals surface area contributed by atoms with Gasteiger partial charge < -0.3 is 5.32 Å². The molecule has 0 bridgehead atoms. The molecular formula is C18H14N4S4. The van der Waals surface area contributed by atoms with E-state index in [1.165, 1.54) is 25.2 Å². The third-order valence-corrected chi connectivity index (χ3v) is 8.43. The summed E-state index contributed by atoms with van der Waals surface area (Å²) in [5.74, 6) is 0. The number of thioether (sulfide) groups is 1. The highest BCUT2D eigenvalue weighted by atomic mass is 32.2. The van der Waals surface area contributed by atoms with Crippen LogP contribution in [0.5, 0.6) is 0 Å². The fourth-order valence-electron chi connectivity index (χ4n) is 3.01. The number of hydrogen-bond acceptors (Lipinski definition) is 8. The molecule has 4 nitrogen and oxygen atoms in total. The van der Waals surface area contributed by atoms with E-state index in [0.29, 0.717) is 0 Å². The second-order valence-electron chi connectivity index (χ2n) is 6.04. The minimum Gasteiger partial charge on any atom is -0.307 e. The van der Waals surface area contributed by atoms with Crippen molar-refractivity contribution in [1.82, 2.24) is 15.0 Å². The molecule has 0 amide bonds. The van der Waals surface area contributed by atoms with Crippen LogP contribution in [-0.4, -0.2) is 21.2 Å². The van der Waals surface area contributed by atoms with Crippen molar-refractivity contribution in [2.75, 3.05) is 11.6 Å². The number of nitrogens with zero attached hydrogens (tertiary/aromatic N) is 3. The topological polar surface area (TPSA) is 50.7 Å². The largest absolute Gasteiger partial charge is 0.307 e. The van der Waals surface area contributed by atoms with Crippen molar-refractivity contribution in [3.8, 4) is 0 Å². The average molecular weight is 415 g/mol. The summed E-state index contributed by atoms with van der Waals surface area (Å²) >= 11 is 6.77. The molecule has 26 heavy (non-hydrogen) atoms. The molecule has 5 rings (SSSR count). The Hall–Kier alpha value is -1.74. The van der Waals surface area contributed by atoms with E-state index < -0.39 is 0 Å². The molecule has 0 atom stereocenters. The Morgan fingerprint density at radius 2 is 1.46 bits per heavy atom. The normalized spacial score (nSPS) is 11.8. The molecule has 0 unspecified atom stereocenters. The Kier molecular flexibility index (Phi) is 3.89. The van der Waals surface area contributed by atoms with Gasteiger partial charge in [0, 0.05) is 0 Å². The van der Waals surface area contributed by atoms with Crippen LogP contribution in [0.1, 0.15) is 11.1 Å². The van der Waals surface area contributed by atoms with Crippen LogP contribution in [0.4, 0.5) is 10.3 Å². The van der Waals surface area contributed by atoms with E-state index in [-0.39, 0.29) is 0 Å². The highest BCUT2D eigenvalue weighted by Gasteiger charge is 2.13. The van der Waals surface area contributed by atoms with E-state index in [2.05, 4.69) is 54.7 Å². The standard InChI is InChI=1S/C18H14N4S4/c1-8-6-9(2)13-12(7-8)20-17(24-13)22-16-19-10-4-5-11-15(14(10)25-16)26-18(21-11)23-3/h4-7H,1-3H3,(H,19,20,22). The molecule has 0 spiro atoms. The predicted octanol–water partition coefficient (Wildman–Crippen LogP) is 6.60. The first-order valence-corrected chi connectivity index (χ1v) is 11.7. The van der Waals surface area contributed by atoms with E-state index >= 15 is 0 Å². The van der Waals surface area contributed by atoms with E-state index in [1.807, 2.05) is 0 Å². The summed E-state index contributed by atoms with van der Waals surface area (Å²) < 4.78 is 4.73. The van der Waals surface area contributed by atoms with Crippen LogP contribution in [0.25, 0.3) is 30.6 Å². The van der Waals surface area contributed by atoms with Crippen LogP contribution < -0.4 is 5.32 Å². The summed E-state index contributed by atoms with van der Waals surface area (Å²) in [5.41, 5.74) is 5.61. The zero-order valence-electron chi connectivity index (χ0n) is 14.3. The Morgan fingerprint density at radius 1 is 0.808 bits per heavy atom. The molecule has 130 valence electrons. The van der Waals surface area contributed by atoms with Crippen molar-refractivity contribution < 1.29 is 0 Å². The van der Waals surface area contributed by atoms with Crippen molar-refractivity contribution in [1.29, 1.82) is 0 Å². The zero-order valence-corrected chi connectivity index (χ0v) is 17.6. The fraction of sp³-hybridized carbons (Fsp3) is 0.167. The lowest BCUT2D eigenvalue weighted by Crippen LogP contribution is -1.87. The van der Waals surface area contributed by atoms with Crippen molar-refractivity contribution in [3.63, 3.8) is 0 Å². The number of benzene rings is 2. The number of fused-ring (bicyclic) bond motifs is 4. The Morgan fingerprint density at radius 3 is 2.23 bits per heavy atom. The maximum absolute atomic E-state index is 4.75. The number of thiazole rings is 3. The average Bonchev–Trinajstić information content (AvgIpc) is 3.29. The lowest BCUT2D eigenvalue weighted by Gasteiger charge is -1.95. The van der Waals surface area contributed by atoms with E-state index in [1.54, 1.807) is 45.8 Å². The molecule has 2 aromatic carbocycles. The van der Waals surface area contributed by atoms with Crippen LogP contribution in [-0.2, 0) is 0 Å². The fourth-order valence-corrected chi connectivity index (χ4v) is 6.65. The van der Waals surface area contributed by atoms with Crippen molar-refractivity contribution in [2.45, 2.75) is 18.2 Å². The molecule has 0 radical (unpaired) electrons. The lowest BCUT2D eigenvalue weighted by molar-refractivity contribution is 1.31. The van der Waals surface area contributed by atoms with Crippen LogP contribution in [0, 0.1) is 13.8 Å². The third-order valence-electron chi connectivity index (χ3n) is 4.10. The molecule has 3 heterocycles. The van der Waals surface area contributed by atoms with Crippen molar-refractivity contribution in [3.05, 3.63) is 35.4 Å². The van der Waals surface area contributed by atoms with E-state index in [4.69, 9.17) is 9.97 Å². The lowest BCUT2D eigenvalue weighted by atomic mass is 10.1. The van der Waals surface area contributed by atoms with E-state index in [9.17, 15) is 0 Å². The van der Waals surface area contributed by atoms with Gasteiger partial charge in [-0.15, -0.1) is 11.3 Å². The first kappa shape index (κ1) is 16.4. The molecule has 1 N–H and O–H groups in total. The van der Waals surface area contributed by atoms with Crippen LogP contribution in [0.2, 0.25) is 0 Å². The monoisotopic (exact) mass is 414 g/mol. The summed E-state index contributed by atoms with van der Waals surface area (Å²) in [6.07, 6.45) is 2.06. The minimum atomic E-state index is 0.875. The highest BCUT2D eigenvalue weighted by Crippen LogP contribution is 2.39. The minimum absolute atomic E-state index is 0.875. The second kappa shape index (κ2) is 6.16. The number of nitrogens with one attached hydrogen (secondary N) is 1. The van der Waals surface area contributed by atoms with Gasteiger partial charge in [0.15, 0.2) is 14.6 Å². The highest BCUT2D eigenvalue weighted by molar-refractivity contribution is 8.00. The third kappa shape index (κ3) is 2.68. The summed E-state index contributed by atoms with van der Waals surface area (Å²) in [7, 11) is 0. The molecule has 8 heteroatoms. The van der Waals surface area contributed by atoms with Crippen LogP contribution >= 0.6 is 45.8 Å². The number of rotatable bonds is 3. The quantitative estimate of drug-likeness (QED) is 0.337. The molecule has 0 aliphatic carbocycles. The van der Waals surface area contributed by atoms with E-state index in [0.717, 1.165) is 31.2 Å². The molecule has 0 aliphatic heterocycles. The predicted molar refractivity (Wildman–Crippen MR) is 117 cm³/mol. The van der Waals surface area contributed by atoms with Gasteiger partial charge >= 0.3 is 0 Å². The molecule has 3 aromatic heterocycles. The smallest absolute Gasteiger partial charge is 0.190 e. The number of anilines is 2. The van der Waals surface area contributed by atoms with Gasteiger partial charge in [0.05, 0.1) is 30.6 Å². The van der Waals surface area contributed by atoms with Gasteiger partial charge in [0.25, 0.3) is 0 Å². The zero-order chi connectivity index (χ0) is 17.8. The molecule has 5 aromatic rings. The summed E-state index contributed by atoms with van der Waals surface area (Å²) in [6.45, 7) is 4.24. The number of aromatic nitrogens is 3. The van der Waals surface area contributed by atoms with Crippen LogP contribution in [0.3, 0.4) is 0 Å². The first-order valence-electron chi connectivity index (χ1n) is 7.99. The van der Waals surface area contributed by atoms with Gasteiger partial charge in [-0.25, -0.2) is 15.0 Å². The maximum Gasteiger partial charge on any atom is 0.190 e. The van der Waals surface area contributed by atoms with Crippen LogP contribution in [0.15, 0.2) is 28.6 Å². The molecular weight excluding hydrogens is 400 g/mol. The Balaban J connectivity index is 1.58. The van der Waals surface area contributed by atoms with Gasteiger partial charge in [0.1, 0.15) is 0 Å². The van der Waals surface area contributed by atoms with Gasteiger partial charge in [-0.1, -0.05) is 40.5 Å². The first-order chi connectivity index (χ1) is 12.6. The van der Waals surface area contributed by atoms with Gasteiger partial charge in [-0.05, 0) is 49.4 Å². The summed E-state index contributed by atoms with van der Waals surface area (Å²) in [4.78, 5) is 14.1. The second-order valence-corrected chi connectivity index (χ2v) is 10.1. The number of aryl methyl sites for hydroxylation is 2.